The van der Waals surface area contributed by atoms with Crippen molar-refractivity contribution < 1.29 is 9.50 Å². The summed E-state index contributed by atoms with van der Waals surface area (Å²) in [5.74, 6) is -2.33. The Kier molecular flexibility index (Phi) is 3.00. The van der Waals surface area contributed by atoms with Gasteiger partial charge in [-0.1, -0.05) is 0 Å². The van der Waals surface area contributed by atoms with Crippen molar-refractivity contribution in [3.8, 4) is 5.88 Å². The number of hydrogen-bond donors (Lipinski definition) is 2. The lowest BCUT2D eigenvalue weighted by Gasteiger charge is -2.07. The molecule has 0 aromatic carbocycles. The van der Waals surface area contributed by atoms with Crippen LogP contribution in [0.4, 0.5) is 4.39 Å². The lowest BCUT2D eigenvalue weighted by atomic mass is 10.4. The van der Waals surface area contributed by atoms with E-state index in [4.69, 9.17) is 0 Å². The average Bonchev–Trinajstić information content (AvgIpc) is 2.72. The van der Waals surface area contributed by atoms with E-state index in [1.165, 1.54) is 0 Å². The molecule has 2 aromatic heterocycles. The van der Waals surface area contributed by atoms with Crippen LogP contribution in [0.5, 0.6) is 5.88 Å². The standard InChI is InChI=1S/C10H11FN4O3/c1-6-4-12-14(5-6)2-3-15-9(17)7(11)8(16)13-10(15)18/h4-5,17H,2-3H2,1H3,(H,13,16,18). The van der Waals surface area contributed by atoms with Gasteiger partial charge in [0.05, 0.1) is 19.3 Å². The maximum atomic E-state index is 13.1. The zero-order valence-electron chi connectivity index (χ0n) is 9.55. The molecule has 0 aliphatic rings. The highest BCUT2D eigenvalue weighted by molar-refractivity contribution is 5.09. The molecule has 0 saturated heterocycles. The average molecular weight is 254 g/mol. The van der Waals surface area contributed by atoms with Crippen molar-refractivity contribution in [2.75, 3.05) is 0 Å². The molecule has 2 N–H and O–H groups in total. The van der Waals surface area contributed by atoms with Gasteiger partial charge in [0.2, 0.25) is 11.7 Å². The molecule has 0 unspecified atom stereocenters. The summed E-state index contributed by atoms with van der Waals surface area (Å²) in [6, 6.07) is 0. The summed E-state index contributed by atoms with van der Waals surface area (Å²) < 4.78 is 15.4. The summed E-state index contributed by atoms with van der Waals surface area (Å²) >= 11 is 0. The number of hydrogen-bond acceptors (Lipinski definition) is 4. The summed E-state index contributed by atoms with van der Waals surface area (Å²) in [6.07, 6.45) is 3.38. The first kappa shape index (κ1) is 12.1. The Labute approximate surface area is 100 Å². The number of aryl methyl sites for hydroxylation is 2. The molecule has 8 heteroatoms. The highest BCUT2D eigenvalue weighted by Gasteiger charge is 2.13. The SMILES string of the molecule is Cc1cnn(CCn2c(O)c(F)c(=O)[nH]c2=O)c1. The van der Waals surface area contributed by atoms with Gasteiger partial charge in [-0.2, -0.15) is 9.49 Å². The highest BCUT2D eigenvalue weighted by atomic mass is 19.1. The monoisotopic (exact) mass is 254 g/mol. The molecule has 0 atom stereocenters. The molecule has 96 valence electrons. The van der Waals surface area contributed by atoms with Crippen LogP contribution < -0.4 is 11.2 Å². The molecule has 0 aliphatic heterocycles. The van der Waals surface area contributed by atoms with Gasteiger partial charge < -0.3 is 5.11 Å². The molecule has 0 amide bonds. The van der Waals surface area contributed by atoms with Crippen LogP contribution in [0.15, 0.2) is 22.0 Å². The predicted molar refractivity (Wildman–Crippen MR) is 59.9 cm³/mol. The first-order valence-electron chi connectivity index (χ1n) is 5.19. The fraction of sp³-hybridized carbons (Fsp3) is 0.300. The molecular formula is C10H11FN4O3. The number of nitrogens with one attached hydrogen (secondary N) is 1. The van der Waals surface area contributed by atoms with Crippen LogP contribution in [0.1, 0.15) is 5.56 Å². The van der Waals surface area contributed by atoms with E-state index in [9.17, 15) is 19.1 Å². The minimum absolute atomic E-state index is 0.000509. The number of aromatic hydroxyl groups is 1. The predicted octanol–water partition coefficient (Wildman–Crippen LogP) is -0.414. The van der Waals surface area contributed by atoms with E-state index in [0.29, 0.717) is 0 Å². The van der Waals surface area contributed by atoms with Crippen LogP contribution in [-0.4, -0.2) is 24.4 Å². The lowest BCUT2D eigenvalue weighted by Crippen LogP contribution is -2.32. The van der Waals surface area contributed by atoms with Gasteiger partial charge in [-0.15, -0.1) is 0 Å². The second-order valence-electron chi connectivity index (χ2n) is 3.83. The lowest BCUT2D eigenvalue weighted by molar-refractivity contribution is 0.350. The van der Waals surface area contributed by atoms with Gasteiger partial charge >= 0.3 is 5.69 Å². The van der Waals surface area contributed by atoms with E-state index in [1.807, 2.05) is 6.92 Å². The zero-order valence-corrected chi connectivity index (χ0v) is 9.55. The topological polar surface area (TPSA) is 92.9 Å². The number of H-pyrrole nitrogens is 1. The molecule has 0 spiro atoms. The van der Waals surface area contributed by atoms with E-state index in [1.54, 1.807) is 22.1 Å². The summed E-state index contributed by atoms with van der Waals surface area (Å²) in [5, 5.41) is 13.4. The Hall–Kier alpha value is -2.38. The van der Waals surface area contributed by atoms with Gasteiger partial charge in [-0.3, -0.25) is 19.0 Å². The Bertz CT molecular complexity index is 685. The van der Waals surface area contributed by atoms with Crippen molar-refractivity contribution >= 4 is 0 Å². The molecule has 2 heterocycles. The number of halogens is 1. The van der Waals surface area contributed by atoms with Gasteiger partial charge in [0, 0.05) is 6.20 Å². The first-order valence-corrected chi connectivity index (χ1v) is 5.19. The van der Waals surface area contributed by atoms with Crippen LogP contribution in [0.3, 0.4) is 0 Å². The van der Waals surface area contributed by atoms with Crippen LogP contribution >= 0.6 is 0 Å². The Morgan fingerprint density at radius 2 is 2.17 bits per heavy atom. The van der Waals surface area contributed by atoms with Crippen LogP contribution in [-0.2, 0) is 13.1 Å². The van der Waals surface area contributed by atoms with Gasteiger partial charge in [0.1, 0.15) is 0 Å². The van der Waals surface area contributed by atoms with Crippen LogP contribution in [0, 0.1) is 12.7 Å². The van der Waals surface area contributed by atoms with Gasteiger partial charge in [0.25, 0.3) is 5.56 Å². The zero-order chi connectivity index (χ0) is 13.3. The molecule has 18 heavy (non-hydrogen) atoms. The van der Waals surface area contributed by atoms with Crippen molar-refractivity contribution in [3.05, 3.63) is 44.6 Å². The van der Waals surface area contributed by atoms with Crippen LogP contribution in [0.2, 0.25) is 0 Å². The smallest absolute Gasteiger partial charge is 0.331 e. The molecule has 0 saturated carbocycles. The Morgan fingerprint density at radius 1 is 1.44 bits per heavy atom. The number of nitrogens with zero attached hydrogens (tertiary/aromatic N) is 3. The number of aromatic amines is 1. The minimum Gasteiger partial charge on any atom is -0.492 e. The summed E-state index contributed by atoms with van der Waals surface area (Å²) in [5.41, 5.74) is -1.15. The molecule has 0 radical (unpaired) electrons. The third-order valence-electron chi connectivity index (χ3n) is 2.43. The molecule has 7 nitrogen and oxygen atoms in total. The fourth-order valence-electron chi connectivity index (χ4n) is 1.53. The van der Waals surface area contributed by atoms with E-state index in [2.05, 4.69) is 5.10 Å². The van der Waals surface area contributed by atoms with Crippen molar-refractivity contribution in [2.45, 2.75) is 20.0 Å². The third kappa shape index (κ3) is 2.17. The Morgan fingerprint density at radius 3 is 2.78 bits per heavy atom. The molecular weight excluding hydrogens is 243 g/mol. The van der Waals surface area contributed by atoms with E-state index in [0.717, 1.165) is 10.1 Å². The third-order valence-corrected chi connectivity index (χ3v) is 2.43. The molecule has 0 bridgehead atoms. The van der Waals surface area contributed by atoms with Gasteiger partial charge in [-0.25, -0.2) is 4.79 Å². The minimum atomic E-state index is -1.37. The second kappa shape index (κ2) is 4.47. The van der Waals surface area contributed by atoms with Crippen LogP contribution in [0.25, 0.3) is 0 Å². The summed E-state index contributed by atoms with van der Waals surface area (Å²) in [6.45, 7) is 2.12. The maximum Gasteiger partial charge on any atom is 0.331 e. The molecule has 2 rings (SSSR count). The van der Waals surface area contributed by atoms with E-state index < -0.39 is 22.9 Å². The summed E-state index contributed by atoms with van der Waals surface area (Å²) in [4.78, 5) is 24.0. The first-order chi connectivity index (χ1) is 8.49. The quantitative estimate of drug-likeness (QED) is 0.778. The van der Waals surface area contributed by atoms with E-state index in [-0.39, 0.29) is 13.1 Å². The molecule has 2 aromatic rings. The van der Waals surface area contributed by atoms with Gasteiger partial charge in [-0.05, 0) is 12.5 Å². The maximum absolute atomic E-state index is 13.1. The van der Waals surface area contributed by atoms with Crippen molar-refractivity contribution in [2.24, 2.45) is 0 Å². The summed E-state index contributed by atoms with van der Waals surface area (Å²) in [7, 11) is 0. The second-order valence-corrected chi connectivity index (χ2v) is 3.83. The number of rotatable bonds is 3. The normalized spacial score (nSPS) is 10.8. The van der Waals surface area contributed by atoms with Crippen molar-refractivity contribution in [1.29, 1.82) is 0 Å². The fourth-order valence-corrected chi connectivity index (χ4v) is 1.53. The highest BCUT2D eigenvalue weighted by Crippen LogP contribution is 2.07. The van der Waals surface area contributed by atoms with Crippen molar-refractivity contribution in [1.82, 2.24) is 19.3 Å². The largest absolute Gasteiger partial charge is 0.492 e. The van der Waals surface area contributed by atoms with Crippen molar-refractivity contribution in [3.63, 3.8) is 0 Å². The molecule has 0 fully saturated rings. The number of aromatic nitrogens is 4. The van der Waals surface area contributed by atoms with Gasteiger partial charge in [0.15, 0.2) is 0 Å². The van der Waals surface area contributed by atoms with E-state index >= 15 is 0 Å². The molecule has 0 aliphatic carbocycles. The Balaban J connectivity index is 2.27.